The van der Waals surface area contributed by atoms with Crippen LogP contribution in [-0.4, -0.2) is 33.1 Å². The highest BCUT2D eigenvalue weighted by molar-refractivity contribution is 9.10. The molecule has 154 valence electrons. The lowest BCUT2D eigenvalue weighted by Gasteiger charge is -2.22. The van der Waals surface area contributed by atoms with E-state index in [0.29, 0.717) is 10.6 Å². The summed E-state index contributed by atoms with van der Waals surface area (Å²) in [4.78, 5) is 37.5. The molecule has 2 aromatic rings. The Morgan fingerprint density at radius 2 is 1.97 bits per heavy atom. The third-order valence-corrected chi connectivity index (χ3v) is 5.95. The monoisotopic (exact) mass is 480 g/mol. The normalized spacial score (nSPS) is 15.7. The number of rotatable bonds is 4. The number of halogens is 1. The first kappa shape index (κ1) is 21.4. The largest absolute Gasteiger partial charge is 0.478 e. The quantitative estimate of drug-likeness (QED) is 0.685. The van der Waals surface area contributed by atoms with Crippen molar-refractivity contribution < 1.29 is 19.4 Å². The summed E-state index contributed by atoms with van der Waals surface area (Å²) < 4.78 is 7.57. The molecule has 2 heterocycles. The number of hydrogen-bond donors (Lipinski definition) is 2. The fourth-order valence-electron chi connectivity index (χ4n) is 3.00. The zero-order chi connectivity index (χ0) is 21.3. The van der Waals surface area contributed by atoms with Crippen molar-refractivity contribution in [1.29, 1.82) is 0 Å². The van der Waals surface area contributed by atoms with E-state index in [0.717, 1.165) is 10.0 Å². The number of alkyl carbamates (subject to hydrolysis) is 1. The molecule has 9 heteroatoms. The van der Waals surface area contributed by atoms with Crippen LogP contribution in [0, 0.1) is 0 Å². The van der Waals surface area contributed by atoms with Gasteiger partial charge in [0.2, 0.25) is 0 Å². The number of carbonyl (C=O) groups excluding carboxylic acids is 1. The number of ether oxygens (including phenoxy) is 1. The predicted molar refractivity (Wildman–Crippen MR) is 114 cm³/mol. The van der Waals surface area contributed by atoms with Crippen molar-refractivity contribution in [3.63, 3.8) is 0 Å². The molecule has 0 radical (unpaired) electrons. The number of carboxylic acid groups (broad SMARTS) is 1. The van der Waals surface area contributed by atoms with E-state index in [1.165, 1.54) is 22.5 Å². The molecular weight excluding hydrogens is 460 g/mol. The van der Waals surface area contributed by atoms with Gasteiger partial charge < -0.3 is 19.7 Å². The lowest BCUT2D eigenvalue weighted by Crippen LogP contribution is -2.38. The highest BCUT2D eigenvalue weighted by atomic mass is 79.9. The highest BCUT2D eigenvalue weighted by Gasteiger charge is 2.34. The fourth-order valence-corrected chi connectivity index (χ4v) is 4.53. The van der Waals surface area contributed by atoms with E-state index in [1.807, 2.05) is 24.3 Å². The maximum atomic E-state index is 13.1. The molecule has 2 N–H and O–H groups in total. The molecule has 1 aromatic heterocycles. The molecule has 3 rings (SSSR count). The van der Waals surface area contributed by atoms with Crippen LogP contribution >= 0.6 is 27.7 Å². The van der Waals surface area contributed by atoms with E-state index in [9.17, 15) is 19.5 Å². The van der Waals surface area contributed by atoms with Crippen molar-refractivity contribution in [2.45, 2.75) is 43.9 Å². The van der Waals surface area contributed by atoms with Crippen molar-refractivity contribution in [2.75, 3.05) is 5.75 Å². The molecule has 1 amide bonds. The van der Waals surface area contributed by atoms with Gasteiger partial charge in [0, 0.05) is 21.3 Å². The molecule has 0 spiro atoms. The first-order valence-corrected chi connectivity index (χ1v) is 10.7. The van der Waals surface area contributed by atoms with E-state index in [1.54, 1.807) is 20.8 Å². The van der Waals surface area contributed by atoms with Crippen LogP contribution in [0.25, 0.3) is 0 Å². The van der Waals surface area contributed by atoms with Crippen molar-refractivity contribution in [1.82, 2.24) is 9.88 Å². The standard InChI is InChI=1S/C20H21BrN2O5S/c1-20(2,3)28-19(27)22-14-10-29-16-13(18(25)26)9-23(17(24)15(14)16)8-11-4-6-12(21)7-5-11/h4-7,9,14H,8,10H2,1-3H3,(H,22,27)(H,25,26)/t14-/m0/s1. The van der Waals surface area contributed by atoms with E-state index in [2.05, 4.69) is 21.2 Å². The number of benzene rings is 1. The predicted octanol–water partition coefficient (Wildman–Crippen LogP) is 4.03. The smallest absolute Gasteiger partial charge is 0.408 e. The summed E-state index contributed by atoms with van der Waals surface area (Å²) in [6.07, 6.45) is 0.726. The molecule has 0 bridgehead atoms. The molecule has 0 saturated carbocycles. The summed E-state index contributed by atoms with van der Waals surface area (Å²) in [6, 6.07) is 6.81. The Hall–Kier alpha value is -2.26. The molecule has 29 heavy (non-hydrogen) atoms. The molecule has 0 unspecified atom stereocenters. The number of aromatic carboxylic acids is 1. The molecule has 7 nitrogen and oxygen atoms in total. The summed E-state index contributed by atoms with van der Waals surface area (Å²) >= 11 is 4.62. The first-order valence-electron chi connectivity index (χ1n) is 8.92. The average Bonchev–Trinajstić information content (AvgIpc) is 3.01. The Kier molecular flexibility index (Phi) is 6.09. The van der Waals surface area contributed by atoms with Crippen LogP contribution in [0.3, 0.4) is 0 Å². The Labute approximate surface area is 180 Å². The number of amides is 1. The lowest BCUT2D eigenvalue weighted by atomic mass is 10.1. The van der Waals surface area contributed by atoms with Crippen molar-refractivity contribution in [3.8, 4) is 0 Å². The van der Waals surface area contributed by atoms with Crippen LogP contribution < -0.4 is 10.9 Å². The minimum atomic E-state index is -1.11. The topological polar surface area (TPSA) is 97.6 Å². The maximum Gasteiger partial charge on any atom is 0.408 e. The first-order chi connectivity index (χ1) is 13.5. The average molecular weight is 481 g/mol. The Balaban J connectivity index is 1.98. The summed E-state index contributed by atoms with van der Waals surface area (Å²) in [7, 11) is 0. The number of fused-ring (bicyclic) bond motifs is 1. The van der Waals surface area contributed by atoms with Crippen LogP contribution in [0.15, 0.2) is 44.6 Å². The fraction of sp³-hybridized carbons (Fsp3) is 0.350. The zero-order valence-electron chi connectivity index (χ0n) is 16.2. The zero-order valence-corrected chi connectivity index (χ0v) is 18.6. The summed E-state index contributed by atoms with van der Waals surface area (Å²) in [5, 5.41) is 12.3. The number of nitrogens with zero attached hydrogens (tertiary/aromatic N) is 1. The second kappa shape index (κ2) is 8.23. The van der Waals surface area contributed by atoms with Gasteiger partial charge in [-0.2, -0.15) is 0 Å². The van der Waals surface area contributed by atoms with Crippen molar-refractivity contribution in [3.05, 3.63) is 62.0 Å². The van der Waals surface area contributed by atoms with Crippen LogP contribution in [0.4, 0.5) is 4.79 Å². The third kappa shape index (κ3) is 5.02. The van der Waals surface area contributed by atoms with Crippen LogP contribution in [0.2, 0.25) is 0 Å². The van der Waals surface area contributed by atoms with Gasteiger partial charge in [-0.25, -0.2) is 9.59 Å². The van der Waals surface area contributed by atoms with Gasteiger partial charge in [0.05, 0.1) is 23.7 Å². The van der Waals surface area contributed by atoms with Crippen molar-refractivity contribution in [2.24, 2.45) is 0 Å². The van der Waals surface area contributed by atoms with Gasteiger partial charge in [-0.15, -0.1) is 11.8 Å². The van der Waals surface area contributed by atoms with Gasteiger partial charge in [0.25, 0.3) is 5.56 Å². The van der Waals surface area contributed by atoms with Gasteiger partial charge in [-0.05, 0) is 38.5 Å². The van der Waals surface area contributed by atoms with Crippen LogP contribution in [-0.2, 0) is 11.3 Å². The Bertz CT molecular complexity index is 1010. The van der Waals surface area contributed by atoms with Crippen LogP contribution in [0.5, 0.6) is 0 Å². The number of carbonyl (C=O) groups is 2. The number of hydrogen-bond acceptors (Lipinski definition) is 5. The minimum Gasteiger partial charge on any atom is -0.478 e. The maximum absolute atomic E-state index is 13.1. The minimum absolute atomic E-state index is 0.0511. The Morgan fingerprint density at radius 1 is 1.31 bits per heavy atom. The van der Waals surface area contributed by atoms with Gasteiger partial charge >= 0.3 is 12.1 Å². The third-order valence-electron chi connectivity index (χ3n) is 4.20. The van der Waals surface area contributed by atoms with Gasteiger partial charge in [0.15, 0.2) is 0 Å². The molecule has 1 aromatic carbocycles. The molecular formula is C20H21BrN2O5S. The number of pyridine rings is 1. The SMILES string of the molecule is CC(C)(C)OC(=O)N[C@H]1CSc2c(C(=O)O)cn(Cc3ccc(Br)cc3)c(=O)c21. The second-order valence-corrected chi connectivity index (χ2v) is 9.61. The molecule has 0 fully saturated rings. The van der Waals surface area contributed by atoms with Crippen LogP contribution in [0.1, 0.15) is 48.3 Å². The highest BCUT2D eigenvalue weighted by Crippen LogP contribution is 2.38. The summed E-state index contributed by atoms with van der Waals surface area (Å²) in [6.45, 7) is 5.47. The molecule has 1 aliphatic rings. The van der Waals surface area contributed by atoms with E-state index >= 15 is 0 Å². The van der Waals surface area contributed by atoms with Gasteiger partial charge in [-0.3, -0.25) is 4.79 Å². The molecule has 0 aliphatic carbocycles. The number of aromatic nitrogens is 1. The van der Waals surface area contributed by atoms with E-state index < -0.39 is 23.7 Å². The van der Waals surface area contributed by atoms with Gasteiger partial charge in [-0.1, -0.05) is 28.1 Å². The molecule has 1 aliphatic heterocycles. The second-order valence-electron chi connectivity index (χ2n) is 7.66. The lowest BCUT2D eigenvalue weighted by molar-refractivity contribution is 0.0508. The Morgan fingerprint density at radius 3 is 2.55 bits per heavy atom. The summed E-state index contributed by atoms with van der Waals surface area (Å²) in [5.41, 5.74) is 0.199. The number of thioether (sulfide) groups is 1. The molecule has 1 atom stereocenters. The summed E-state index contributed by atoms with van der Waals surface area (Å²) in [5.74, 6) is -0.747. The van der Waals surface area contributed by atoms with E-state index in [-0.39, 0.29) is 23.2 Å². The molecule has 0 saturated heterocycles. The number of carboxylic acids is 1. The van der Waals surface area contributed by atoms with E-state index in [4.69, 9.17) is 4.74 Å². The van der Waals surface area contributed by atoms with Gasteiger partial charge in [0.1, 0.15) is 5.60 Å². The van der Waals surface area contributed by atoms with Crippen molar-refractivity contribution >= 4 is 39.8 Å². The number of nitrogens with one attached hydrogen (secondary N) is 1.